The highest BCUT2D eigenvalue weighted by Crippen LogP contribution is 2.33. The van der Waals surface area contributed by atoms with Crippen molar-refractivity contribution in [2.24, 2.45) is 11.8 Å². The molecule has 2 saturated carbocycles. The van der Waals surface area contributed by atoms with Gasteiger partial charge < -0.3 is 10.4 Å². The van der Waals surface area contributed by atoms with Gasteiger partial charge in [-0.05, 0) is 55.3 Å². The van der Waals surface area contributed by atoms with Crippen LogP contribution in [-0.2, 0) is 6.42 Å². The summed E-state index contributed by atoms with van der Waals surface area (Å²) >= 11 is 0. The minimum Gasteiger partial charge on any atom is -0.508 e. The van der Waals surface area contributed by atoms with Gasteiger partial charge in [-0.15, -0.1) is 0 Å². The van der Waals surface area contributed by atoms with Crippen LogP contribution in [0.2, 0.25) is 0 Å². The molecule has 2 N–H and O–H groups in total. The van der Waals surface area contributed by atoms with E-state index < -0.39 is 0 Å². The summed E-state index contributed by atoms with van der Waals surface area (Å²) in [6, 6.07) is 8.59. The Hall–Kier alpha value is -1.02. The van der Waals surface area contributed by atoms with Crippen molar-refractivity contribution < 1.29 is 5.11 Å². The fraction of sp³-hybridized carbons (Fsp3) is 0.647. The summed E-state index contributed by atoms with van der Waals surface area (Å²) in [5.74, 6) is 2.05. The maximum absolute atomic E-state index is 9.37. The summed E-state index contributed by atoms with van der Waals surface area (Å²) < 4.78 is 0. The molecule has 0 saturated heterocycles. The van der Waals surface area contributed by atoms with Crippen LogP contribution in [0.4, 0.5) is 0 Å². The average Bonchev–Trinajstić information content (AvgIpc) is 3.09. The third kappa shape index (κ3) is 3.73. The molecule has 1 aromatic rings. The van der Waals surface area contributed by atoms with Gasteiger partial charge in [0.25, 0.3) is 0 Å². The molecule has 1 aromatic carbocycles. The molecule has 0 amide bonds. The maximum Gasteiger partial charge on any atom is 0.115 e. The van der Waals surface area contributed by atoms with E-state index in [1.165, 1.54) is 50.6 Å². The minimum atomic E-state index is 0.372. The highest BCUT2D eigenvalue weighted by Gasteiger charge is 2.28. The van der Waals surface area contributed by atoms with Crippen molar-refractivity contribution in [3.05, 3.63) is 29.8 Å². The molecular weight excluding hydrogens is 234 g/mol. The Balaban J connectivity index is 1.61. The second-order valence-corrected chi connectivity index (χ2v) is 6.36. The van der Waals surface area contributed by atoms with Gasteiger partial charge in [-0.1, -0.05) is 37.8 Å². The fourth-order valence-corrected chi connectivity index (χ4v) is 3.37. The van der Waals surface area contributed by atoms with Crippen LogP contribution in [0.1, 0.15) is 44.1 Å². The molecule has 19 heavy (non-hydrogen) atoms. The van der Waals surface area contributed by atoms with Crippen LogP contribution in [-0.4, -0.2) is 17.7 Å². The predicted molar refractivity (Wildman–Crippen MR) is 78.3 cm³/mol. The summed E-state index contributed by atoms with van der Waals surface area (Å²) in [6.45, 7) is 1.18. The zero-order valence-corrected chi connectivity index (χ0v) is 11.6. The number of hydrogen-bond donors (Lipinski definition) is 2. The zero-order chi connectivity index (χ0) is 13.1. The van der Waals surface area contributed by atoms with Crippen molar-refractivity contribution in [3.63, 3.8) is 0 Å². The normalized spacial score (nSPS) is 21.7. The molecule has 2 heteroatoms. The summed E-state index contributed by atoms with van der Waals surface area (Å²) in [7, 11) is 0. The smallest absolute Gasteiger partial charge is 0.115 e. The standard InChI is InChI=1S/C17H25NO/c19-17-9-5-13(6-10-17)11-15(12-18-16-7-8-16)14-3-1-2-4-14/h5-6,9-10,14-16,18-19H,1-4,7-8,11-12H2. The van der Waals surface area contributed by atoms with Crippen molar-refractivity contribution in [2.45, 2.75) is 51.0 Å². The van der Waals surface area contributed by atoms with Crippen LogP contribution in [0.25, 0.3) is 0 Å². The highest BCUT2D eigenvalue weighted by atomic mass is 16.3. The first-order valence-corrected chi connectivity index (χ1v) is 7.82. The first-order valence-electron chi connectivity index (χ1n) is 7.82. The lowest BCUT2D eigenvalue weighted by molar-refractivity contribution is 0.320. The molecule has 0 bridgehead atoms. The molecule has 0 aliphatic heterocycles. The van der Waals surface area contributed by atoms with Gasteiger partial charge in [-0.3, -0.25) is 0 Å². The number of phenolic OH excluding ortho intramolecular Hbond substituents is 1. The summed E-state index contributed by atoms with van der Waals surface area (Å²) in [5, 5.41) is 13.1. The Morgan fingerprint density at radius 2 is 1.74 bits per heavy atom. The van der Waals surface area contributed by atoms with Crippen molar-refractivity contribution in [3.8, 4) is 5.75 Å². The Kier molecular flexibility index (Phi) is 4.07. The van der Waals surface area contributed by atoms with Crippen molar-refractivity contribution in [2.75, 3.05) is 6.54 Å². The number of aromatic hydroxyl groups is 1. The third-order valence-electron chi connectivity index (χ3n) is 4.75. The molecule has 2 aliphatic carbocycles. The molecule has 3 rings (SSSR count). The van der Waals surface area contributed by atoms with Crippen molar-refractivity contribution >= 4 is 0 Å². The van der Waals surface area contributed by atoms with Gasteiger partial charge in [0.15, 0.2) is 0 Å². The quantitative estimate of drug-likeness (QED) is 0.819. The van der Waals surface area contributed by atoms with E-state index in [1.807, 2.05) is 12.1 Å². The largest absolute Gasteiger partial charge is 0.508 e. The summed E-state index contributed by atoms with van der Waals surface area (Å²) in [5.41, 5.74) is 1.37. The summed E-state index contributed by atoms with van der Waals surface area (Å²) in [4.78, 5) is 0. The lowest BCUT2D eigenvalue weighted by atomic mass is 9.85. The van der Waals surface area contributed by atoms with Gasteiger partial charge in [0.05, 0.1) is 0 Å². The van der Waals surface area contributed by atoms with E-state index in [-0.39, 0.29) is 0 Å². The van der Waals surface area contributed by atoms with Gasteiger partial charge in [-0.2, -0.15) is 0 Å². The second-order valence-electron chi connectivity index (χ2n) is 6.36. The fourth-order valence-electron chi connectivity index (χ4n) is 3.37. The van der Waals surface area contributed by atoms with E-state index in [4.69, 9.17) is 0 Å². The van der Waals surface area contributed by atoms with Gasteiger partial charge in [-0.25, -0.2) is 0 Å². The third-order valence-corrected chi connectivity index (χ3v) is 4.75. The van der Waals surface area contributed by atoms with Crippen LogP contribution >= 0.6 is 0 Å². The monoisotopic (exact) mass is 259 g/mol. The first kappa shape index (κ1) is 13.0. The molecule has 2 nitrogen and oxygen atoms in total. The Morgan fingerprint density at radius 1 is 1.05 bits per heavy atom. The molecule has 0 aromatic heterocycles. The van der Waals surface area contributed by atoms with Crippen molar-refractivity contribution in [1.82, 2.24) is 5.32 Å². The number of hydrogen-bond acceptors (Lipinski definition) is 2. The first-order chi connectivity index (χ1) is 9.31. The lowest BCUT2D eigenvalue weighted by Crippen LogP contribution is -2.30. The van der Waals surface area contributed by atoms with E-state index in [0.717, 1.165) is 24.3 Å². The van der Waals surface area contributed by atoms with Crippen LogP contribution in [0, 0.1) is 11.8 Å². The molecule has 1 atom stereocenters. The molecule has 0 heterocycles. The number of rotatable bonds is 6. The number of phenols is 1. The number of benzene rings is 1. The van der Waals surface area contributed by atoms with Crippen LogP contribution in [0.5, 0.6) is 5.75 Å². The molecule has 2 fully saturated rings. The van der Waals surface area contributed by atoms with E-state index in [1.54, 1.807) is 0 Å². The van der Waals surface area contributed by atoms with Gasteiger partial charge in [0, 0.05) is 6.04 Å². The molecule has 104 valence electrons. The Bertz CT molecular complexity index is 390. The lowest BCUT2D eigenvalue weighted by Gasteiger charge is -2.24. The van der Waals surface area contributed by atoms with Crippen LogP contribution in [0.15, 0.2) is 24.3 Å². The topological polar surface area (TPSA) is 32.3 Å². The second kappa shape index (κ2) is 5.96. The minimum absolute atomic E-state index is 0.372. The van der Waals surface area contributed by atoms with E-state index >= 15 is 0 Å². The SMILES string of the molecule is Oc1ccc(CC(CNC2CC2)C2CCCC2)cc1. The van der Waals surface area contributed by atoms with Crippen molar-refractivity contribution in [1.29, 1.82) is 0 Å². The molecule has 2 aliphatic rings. The maximum atomic E-state index is 9.37. The average molecular weight is 259 g/mol. The Labute approximate surface area is 116 Å². The van der Waals surface area contributed by atoms with Crippen LogP contribution in [0.3, 0.4) is 0 Å². The van der Waals surface area contributed by atoms with Crippen LogP contribution < -0.4 is 5.32 Å². The number of nitrogens with one attached hydrogen (secondary N) is 1. The van der Waals surface area contributed by atoms with Gasteiger partial charge >= 0.3 is 0 Å². The Morgan fingerprint density at radius 3 is 2.37 bits per heavy atom. The van der Waals surface area contributed by atoms with E-state index in [0.29, 0.717) is 5.75 Å². The van der Waals surface area contributed by atoms with Gasteiger partial charge in [0.2, 0.25) is 0 Å². The summed E-state index contributed by atoms with van der Waals surface area (Å²) in [6.07, 6.45) is 9.56. The molecular formula is C17H25NO. The molecule has 1 unspecified atom stereocenters. The molecule has 0 radical (unpaired) electrons. The zero-order valence-electron chi connectivity index (χ0n) is 11.6. The van der Waals surface area contributed by atoms with E-state index in [2.05, 4.69) is 17.4 Å². The van der Waals surface area contributed by atoms with Gasteiger partial charge in [0.1, 0.15) is 5.75 Å². The highest BCUT2D eigenvalue weighted by molar-refractivity contribution is 5.26. The molecule has 0 spiro atoms. The predicted octanol–water partition coefficient (Wildman–Crippen LogP) is 3.49. The van der Waals surface area contributed by atoms with E-state index in [9.17, 15) is 5.11 Å².